The number of aromatic nitrogens is 2. The van der Waals surface area contributed by atoms with Gasteiger partial charge in [-0.25, -0.2) is 18.6 Å². The largest absolute Gasteiger partial charge is 0.438 e. The Labute approximate surface area is 206 Å². The molecule has 14 heteroatoms. The molecule has 2 fully saturated rings. The predicted molar refractivity (Wildman–Crippen MR) is 117 cm³/mol. The van der Waals surface area contributed by atoms with Crippen LogP contribution in [0.3, 0.4) is 0 Å². The lowest BCUT2D eigenvalue weighted by molar-refractivity contribution is -0.149. The molecular formula is C23H22F5N5O4. The van der Waals surface area contributed by atoms with Crippen LogP contribution in [-0.4, -0.2) is 51.7 Å². The smallest absolute Gasteiger partial charge is 0.410 e. The van der Waals surface area contributed by atoms with Gasteiger partial charge in [0.2, 0.25) is 11.8 Å². The average molecular weight is 527 g/mol. The predicted octanol–water partition coefficient (Wildman–Crippen LogP) is 4.35. The van der Waals surface area contributed by atoms with Gasteiger partial charge in [0.05, 0.1) is 6.54 Å². The van der Waals surface area contributed by atoms with Crippen LogP contribution in [0.4, 0.5) is 26.7 Å². The Kier molecular flexibility index (Phi) is 6.07. The summed E-state index contributed by atoms with van der Waals surface area (Å²) in [6, 6.07) is 0.872. The number of alkyl halides is 5. The molecule has 5 rings (SSSR count). The van der Waals surface area contributed by atoms with Crippen LogP contribution in [0.5, 0.6) is 0 Å². The van der Waals surface area contributed by atoms with E-state index in [1.54, 1.807) is 13.0 Å². The first kappa shape index (κ1) is 25.0. The maximum absolute atomic E-state index is 13.7. The van der Waals surface area contributed by atoms with E-state index in [0.29, 0.717) is 28.6 Å². The zero-order chi connectivity index (χ0) is 26.5. The third-order valence-corrected chi connectivity index (χ3v) is 6.61. The third-order valence-electron chi connectivity index (χ3n) is 6.61. The first-order valence-electron chi connectivity index (χ1n) is 11.6. The van der Waals surface area contributed by atoms with Crippen LogP contribution >= 0.6 is 0 Å². The third kappa shape index (κ3) is 4.96. The highest BCUT2D eigenvalue weighted by atomic mass is 19.4. The summed E-state index contributed by atoms with van der Waals surface area (Å²) in [5.74, 6) is -4.11. The second-order valence-electron chi connectivity index (χ2n) is 9.30. The Morgan fingerprint density at radius 3 is 2.73 bits per heavy atom. The molecule has 2 N–H and O–H groups in total. The number of fused-ring (bicyclic) bond motifs is 1. The van der Waals surface area contributed by atoms with Crippen LogP contribution < -0.4 is 10.6 Å². The van der Waals surface area contributed by atoms with Crippen molar-refractivity contribution in [2.75, 3.05) is 6.54 Å². The fraction of sp³-hybridized carbons (Fsp3) is 0.478. The molecule has 0 bridgehead atoms. The molecule has 9 nitrogen and oxygen atoms in total. The van der Waals surface area contributed by atoms with Crippen molar-refractivity contribution in [3.63, 3.8) is 0 Å². The minimum atomic E-state index is -4.56. The van der Waals surface area contributed by atoms with Gasteiger partial charge in [0.25, 0.3) is 5.91 Å². The van der Waals surface area contributed by atoms with Gasteiger partial charge in [-0.15, -0.1) is 0 Å². The molecule has 2 atom stereocenters. The fourth-order valence-corrected chi connectivity index (χ4v) is 4.58. The highest BCUT2D eigenvalue weighted by Crippen LogP contribution is 2.48. The topological polar surface area (TPSA) is 114 Å². The molecule has 2 unspecified atom stereocenters. The van der Waals surface area contributed by atoms with Gasteiger partial charge in [0.15, 0.2) is 11.3 Å². The number of amides is 3. The lowest BCUT2D eigenvalue weighted by Crippen LogP contribution is -2.45. The number of nitrogens with one attached hydrogen (secondary N) is 2. The number of hydrogen-bond donors (Lipinski definition) is 2. The quantitative estimate of drug-likeness (QED) is 0.442. The van der Waals surface area contributed by atoms with E-state index < -0.39 is 61.4 Å². The Bertz CT molecular complexity index is 1330. The van der Waals surface area contributed by atoms with Gasteiger partial charge in [-0.1, -0.05) is 18.1 Å². The molecule has 2 aliphatic rings. The average Bonchev–Trinajstić information content (AvgIpc) is 3.53. The normalized spacial score (nSPS) is 20.6. The van der Waals surface area contributed by atoms with Gasteiger partial charge in [-0.3, -0.25) is 4.79 Å². The zero-order valence-corrected chi connectivity index (χ0v) is 19.4. The number of rotatable bonds is 7. The van der Waals surface area contributed by atoms with Gasteiger partial charge in [-0.2, -0.15) is 13.2 Å². The molecule has 3 amide bonds. The Morgan fingerprint density at radius 2 is 2.08 bits per heavy atom. The van der Waals surface area contributed by atoms with Crippen molar-refractivity contribution < 1.29 is 40.5 Å². The summed E-state index contributed by atoms with van der Waals surface area (Å²) in [7, 11) is 0. The molecule has 1 aliphatic carbocycles. The second-order valence-corrected chi connectivity index (χ2v) is 9.30. The second kappa shape index (κ2) is 8.99. The zero-order valence-electron chi connectivity index (χ0n) is 19.4. The molecule has 3 aromatic rings. The number of oxazole rings is 1. The molecule has 3 heterocycles. The summed E-state index contributed by atoms with van der Waals surface area (Å²) in [4.78, 5) is 30.2. The number of carbonyl (C=O) groups is 2. The van der Waals surface area contributed by atoms with E-state index in [9.17, 15) is 31.5 Å². The van der Waals surface area contributed by atoms with Gasteiger partial charge in [-0.05, 0) is 30.0 Å². The summed E-state index contributed by atoms with van der Waals surface area (Å²) < 4.78 is 76.9. The van der Waals surface area contributed by atoms with Gasteiger partial charge in [0.1, 0.15) is 23.9 Å². The molecule has 1 saturated heterocycles. The van der Waals surface area contributed by atoms with E-state index in [4.69, 9.17) is 8.94 Å². The van der Waals surface area contributed by atoms with E-state index in [0.717, 1.165) is 4.90 Å². The first-order chi connectivity index (χ1) is 17.4. The number of urea groups is 1. The highest BCUT2D eigenvalue weighted by Gasteiger charge is 2.51. The van der Waals surface area contributed by atoms with Crippen LogP contribution in [-0.2, 0) is 13.0 Å². The number of benzene rings is 1. The van der Waals surface area contributed by atoms with Crippen molar-refractivity contribution in [3.8, 4) is 0 Å². The van der Waals surface area contributed by atoms with E-state index in [1.807, 2.05) is 5.32 Å². The lowest BCUT2D eigenvalue weighted by Gasteiger charge is -2.38. The van der Waals surface area contributed by atoms with Crippen molar-refractivity contribution in [3.05, 3.63) is 47.2 Å². The van der Waals surface area contributed by atoms with Crippen LogP contribution in [0.2, 0.25) is 0 Å². The summed E-state index contributed by atoms with van der Waals surface area (Å²) in [6.45, 7) is 1.18. The van der Waals surface area contributed by atoms with Gasteiger partial charge >= 0.3 is 12.2 Å². The monoisotopic (exact) mass is 527 g/mol. The van der Waals surface area contributed by atoms with Crippen molar-refractivity contribution in [2.45, 2.75) is 56.9 Å². The molecule has 1 aromatic carbocycles. The summed E-state index contributed by atoms with van der Waals surface area (Å²) in [5.41, 5.74) is 1.68. The van der Waals surface area contributed by atoms with E-state index in [1.165, 1.54) is 18.4 Å². The molecular weight excluding hydrogens is 505 g/mol. The summed E-state index contributed by atoms with van der Waals surface area (Å²) >= 11 is 0. The van der Waals surface area contributed by atoms with E-state index in [-0.39, 0.29) is 18.1 Å². The van der Waals surface area contributed by atoms with Crippen LogP contribution in [0, 0.1) is 5.92 Å². The maximum Gasteiger partial charge on any atom is 0.410 e. The molecule has 37 heavy (non-hydrogen) atoms. The van der Waals surface area contributed by atoms with Crippen LogP contribution in [0.15, 0.2) is 33.4 Å². The standard InChI is InChI=1S/C23H22F5N5O4/c1-2-12-10-36-32-17(12)19(34)31-18(13-6-22(24,25)7-13)20-29-14-5-11(3-4-15(14)37-20)8-33-9-16(23(26,27)28)30-21(33)35/h3-5,10,13,16,18H,2,6-9H2,1H3,(H,30,35)(H,31,34). The van der Waals surface area contributed by atoms with Crippen LogP contribution in [0.1, 0.15) is 53.3 Å². The van der Waals surface area contributed by atoms with Crippen molar-refractivity contribution in [2.24, 2.45) is 5.92 Å². The Balaban J connectivity index is 1.37. The number of aryl methyl sites for hydroxylation is 1. The van der Waals surface area contributed by atoms with E-state index >= 15 is 0 Å². The van der Waals surface area contributed by atoms with Crippen molar-refractivity contribution in [1.29, 1.82) is 0 Å². The molecule has 0 spiro atoms. The Morgan fingerprint density at radius 1 is 1.32 bits per heavy atom. The minimum Gasteiger partial charge on any atom is -0.438 e. The number of hydrogen-bond acceptors (Lipinski definition) is 6. The fourth-order valence-electron chi connectivity index (χ4n) is 4.58. The number of nitrogens with zero attached hydrogens (tertiary/aromatic N) is 3. The van der Waals surface area contributed by atoms with Gasteiger partial charge in [0, 0.05) is 24.9 Å². The Hall–Kier alpha value is -3.71. The number of carbonyl (C=O) groups excluding carboxylic acids is 2. The minimum absolute atomic E-state index is 0.0126. The van der Waals surface area contributed by atoms with Crippen LogP contribution in [0.25, 0.3) is 11.1 Å². The lowest BCUT2D eigenvalue weighted by atomic mass is 9.76. The molecule has 1 aliphatic heterocycles. The SMILES string of the molecule is CCc1conc1C(=O)NC(c1nc2cc(CN3CC(C(F)(F)F)NC3=O)ccc2o1)C1CC(F)(F)C1. The summed E-state index contributed by atoms with van der Waals surface area (Å²) in [5, 5.41) is 8.30. The van der Waals surface area contributed by atoms with Crippen molar-refractivity contribution in [1.82, 2.24) is 25.7 Å². The molecule has 198 valence electrons. The molecule has 1 saturated carbocycles. The molecule has 2 aromatic heterocycles. The summed E-state index contributed by atoms with van der Waals surface area (Å²) in [6.07, 6.45) is -3.68. The first-order valence-corrected chi connectivity index (χ1v) is 11.6. The molecule has 0 radical (unpaired) electrons. The van der Waals surface area contributed by atoms with Crippen molar-refractivity contribution >= 4 is 23.0 Å². The highest BCUT2D eigenvalue weighted by molar-refractivity contribution is 5.93. The maximum atomic E-state index is 13.7. The van der Waals surface area contributed by atoms with E-state index in [2.05, 4.69) is 15.5 Å². The van der Waals surface area contributed by atoms with Gasteiger partial charge < -0.3 is 24.5 Å². The number of halogens is 5.